The van der Waals surface area contributed by atoms with E-state index in [0.717, 1.165) is 60.6 Å². The van der Waals surface area contributed by atoms with Gasteiger partial charge in [-0.2, -0.15) is 4.31 Å². The predicted octanol–water partition coefficient (Wildman–Crippen LogP) is 6.10. The number of hydrogen-bond acceptors (Lipinski definition) is 5. The first kappa shape index (κ1) is 26.2. The number of aryl methyl sites for hydroxylation is 1. The Morgan fingerprint density at radius 2 is 1.79 bits per heavy atom. The van der Waals surface area contributed by atoms with Crippen molar-refractivity contribution in [3.63, 3.8) is 0 Å². The van der Waals surface area contributed by atoms with Crippen molar-refractivity contribution in [2.45, 2.75) is 62.4 Å². The van der Waals surface area contributed by atoms with Crippen LogP contribution in [-0.2, 0) is 21.2 Å². The van der Waals surface area contributed by atoms with Crippen molar-refractivity contribution < 1.29 is 13.2 Å². The van der Waals surface area contributed by atoms with Gasteiger partial charge in [0.15, 0.2) is 0 Å². The molecule has 6 nitrogen and oxygen atoms in total. The third-order valence-corrected chi connectivity index (χ3v) is 11.2. The Balaban J connectivity index is 1.39. The number of benzene rings is 2. The number of carbonyl (C=O) groups excluding carboxylic acids is 1. The van der Waals surface area contributed by atoms with E-state index in [4.69, 9.17) is 0 Å². The van der Waals surface area contributed by atoms with Crippen LogP contribution in [0.4, 0.5) is 0 Å². The van der Waals surface area contributed by atoms with E-state index in [1.165, 1.54) is 9.18 Å². The van der Waals surface area contributed by atoms with Crippen molar-refractivity contribution >= 4 is 38.2 Å². The molecule has 39 heavy (non-hydrogen) atoms. The van der Waals surface area contributed by atoms with Gasteiger partial charge in [0.25, 0.3) is 0 Å². The second-order valence-corrected chi connectivity index (χ2v) is 13.4. The molecule has 1 aliphatic carbocycles. The van der Waals surface area contributed by atoms with Crippen molar-refractivity contribution in [3.05, 3.63) is 93.8 Å². The Kier molecular flexibility index (Phi) is 7.27. The molecule has 2 aliphatic rings. The first-order chi connectivity index (χ1) is 18.9. The summed E-state index contributed by atoms with van der Waals surface area (Å²) in [4.78, 5) is 22.0. The summed E-state index contributed by atoms with van der Waals surface area (Å²) in [6, 6.07) is 18.8. The zero-order chi connectivity index (χ0) is 27.0. The van der Waals surface area contributed by atoms with Crippen molar-refractivity contribution in [3.8, 4) is 0 Å². The number of aromatic nitrogens is 1. The molecule has 202 valence electrons. The summed E-state index contributed by atoms with van der Waals surface area (Å²) in [6.07, 6.45) is 6.96. The highest BCUT2D eigenvalue weighted by Gasteiger charge is 2.39. The van der Waals surface area contributed by atoms with Gasteiger partial charge in [0, 0.05) is 29.0 Å². The molecule has 1 aliphatic heterocycles. The van der Waals surface area contributed by atoms with Crippen LogP contribution in [0.5, 0.6) is 0 Å². The smallest absolute Gasteiger partial charge is 0.245 e. The summed E-state index contributed by atoms with van der Waals surface area (Å²) in [5, 5.41) is 2.87. The van der Waals surface area contributed by atoms with E-state index < -0.39 is 10.0 Å². The van der Waals surface area contributed by atoms with Crippen molar-refractivity contribution in [1.82, 2.24) is 14.2 Å². The first-order valence-corrected chi connectivity index (χ1v) is 16.0. The summed E-state index contributed by atoms with van der Waals surface area (Å²) in [6.45, 7) is 2.47. The molecular weight excluding hydrogens is 526 g/mol. The molecule has 0 bridgehead atoms. The molecule has 3 heterocycles. The van der Waals surface area contributed by atoms with E-state index in [-0.39, 0.29) is 29.4 Å². The van der Waals surface area contributed by atoms with Crippen LogP contribution in [0.2, 0.25) is 0 Å². The molecule has 0 N–H and O–H groups in total. The molecule has 1 fully saturated rings. The molecule has 6 rings (SSSR count). The van der Waals surface area contributed by atoms with Gasteiger partial charge in [0.05, 0.1) is 18.1 Å². The monoisotopic (exact) mass is 559 g/mol. The van der Waals surface area contributed by atoms with Gasteiger partial charge in [-0.3, -0.25) is 9.78 Å². The zero-order valence-corrected chi connectivity index (χ0v) is 23.8. The summed E-state index contributed by atoms with van der Waals surface area (Å²) >= 11 is 1.73. The fraction of sp³-hybridized carbons (Fsp3) is 0.355. The average molecular weight is 560 g/mol. The summed E-state index contributed by atoms with van der Waals surface area (Å²) < 4.78 is 30.2. The number of amides is 1. The lowest BCUT2D eigenvalue weighted by Gasteiger charge is -2.39. The number of pyridine rings is 1. The van der Waals surface area contributed by atoms with Crippen LogP contribution in [0.3, 0.4) is 0 Å². The number of para-hydroxylation sites is 1. The second kappa shape index (κ2) is 10.8. The van der Waals surface area contributed by atoms with Gasteiger partial charge < -0.3 is 4.90 Å². The number of carbonyl (C=O) groups is 1. The number of thiophene rings is 1. The van der Waals surface area contributed by atoms with E-state index in [9.17, 15) is 13.2 Å². The maximum Gasteiger partial charge on any atom is 0.245 e. The minimum atomic E-state index is -3.98. The van der Waals surface area contributed by atoms with E-state index >= 15 is 0 Å². The molecule has 0 spiro atoms. The number of rotatable bonds is 6. The lowest BCUT2D eigenvalue weighted by Crippen LogP contribution is -2.50. The van der Waals surface area contributed by atoms with Crippen LogP contribution in [0.1, 0.15) is 59.7 Å². The Morgan fingerprint density at radius 3 is 2.62 bits per heavy atom. The van der Waals surface area contributed by atoms with Crippen LogP contribution in [0.25, 0.3) is 10.9 Å². The standard InChI is InChI=1S/C31H33N3O3S2/c1-22-9-5-6-14-25(22)31-26-17-20-38-27(26)16-19-33(31)29(35)21-34(24-12-3-2-4-13-24)39(36,37)28-15-7-10-23-11-8-18-32-30(23)28/h5-11,14-15,17-18,20,24,31H,2-4,12-13,16,19,21H2,1H3/t31-/m1/s1. The first-order valence-electron chi connectivity index (χ1n) is 13.7. The van der Waals surface area contributed by atoms with Gasteiger partial charge in [-0.05, 0) is 66.5 Å². The predicted molar refractivity (Wildman–Crippen MR) is 155 cm³/mol. The highest BCUT2D eigenvalue weighted by Crippen LogP contribution is 2.39. The van der Waals surface area contributed by atoms with Gasteiger partial charge in [0.1, 0.15) is 4.90 Å². The van der Waals surface area contributed by atoms with Crippen molar-refractivity contribution in [2.75, 3.05) is 13.1 Å². The third kappa shape index (κ3) is 4.90. The maximum atomic E-state index is 14.3. The van der Waals surface area contributed by atoms with Crippen LogP contribution >= 0.6 is 11.3 Å². The molecule has 1 amide bonds. The molecule has 0 radical (unpaired) electrons. The fourth-order valence-electron chi connectivity index (χ4n) is 6.23. The van der Waals surface area contributed by atoms with E-state index in [0.29, 0.717) is 12.1 Å². The Hall–Kier alpha value is -3.07. The van der Waals surface area contributed by atoms with Gasteiger partial charge >= 0.3 is 0 Å². The van der Waals surface area contributed by atoms with E-state index in [1.54, 1.807) is 29.7 Å². The second-order valence-electron chi connectivity index (χ2n) is 10.6. The third-order valence-electron chi connectivity index (χ3n) is 8.22. The van der Waals surface area contributed by atoms with Crippen molar-refractivity contribution in [1.29, 1.82) is 0 Å². The summed E-state index contributed by atoms with van der Waals surface area (Å²) in [7, 11) is -3.98. The molecule has 1 atom stereocenters. The molecule has 1 saturated carbocycles. The van der Waals surface area contributed by atoms with E-state index in [1.807, 2.05) is 35.2 Å². The molecule has 2 aromatic heterocycles. The number of hydrogen-bond donors (Lipinski definition) is 0. The van der Waals surface area contributed by atoms with Gasteiger partial charge in [0.2, 0.25) is 15.9 Å². The summed E-state index contributed by atoms with van der Waals surface area (Å²) in [5.74, 6) is -0.151. The normalized spacial score (nSPS) is 18.4. The molecule has 2 aromatic carbocycles. The lowest BCUT2D eigenvalue weighted by atomic mass is 9.90. The zero-order valence-electron chi connectivity index (χ0n) is 22.1. The lowest BCUT2D eigenvalue weighted by molar-refractivity contribution is -0.134. The largest absolute Gasteiger partial charge is 0.330 e. The molecule has 8 heteroatoms. The topological polar surface area (TPSA) is 70.6 Å². The number of nitrogens with zero attached hydrogens (tertiary/aromatic N) is 3. The van der Waals surface area contributed by atoms with Crippen LogP contribution in [0.15, 0.2) is 77.1 Å². The molecule has 0 unspecified atom stereocenters. The highest BCUT2D eigenvalue weighted by molar-refractivity contribution is 7.89. The number of fused-ring (bicyclic) bond motifs is 2. The minimum Gasteiger partial charge on any atom is -0.330 e. The van der Waals surface area contributed by atoms with E-state index in [2.05, 4.69) is 35.5 Å². The Morgan fingerprint density at radius 1 is 1.00 bits per heavy atom. The van der Waals surface area contributed by atoms with Gasteiger partial charge in [-0.25, -0.2) is 8.42 Å². The Labute approximate surface area is 234 Å². The minimum absolute atomic E-state index is 0.151. The fourth-order valence-corrected chi connectivity index (χ4v) is 8.93. The molecule has 0 saturated heterocycles. The number of sulfonamides is 1. The quantitative estimate of drug-likeness (QED) is 0.286. The maximum absolute atomic E-state index is 14.3. The van der Waals surface area contributed by atoms with Crippen LogP contribution in [0, 0.1) is 6.92 Å². The highest BCUT2D eigenvalue weighted by atomic mass is 32.2. The molecule has 4 aromatic rings. The van der Waals surface area contributed by atoms with Gasteiger partial charge in [-0.1, -0.05) is 61.7 Å². The SMILES string of the molecule is Cc1ccccc1[C@@H]1c2ccsc2CCN1C(=O)CN(C1CCCCC1)S(=O)(=O)c1cccc2cccnc12. The van der Waals surface area contributed by atoms with Gasteiger partial charge in [-0.15, -0.1) is 11.3 Å². The van der Waals surface area contributed by atoms with Crippen LogP contribution < -0.4 is 0 Å². The Bertz CT molecular complexity index is 1600. The summed E-state index contributed by atoms with van der Waals surface area (Å²) in [5.41, 5.74) is 3.82. The average Bonchev–Trinajstić information content (AvgIpc) is 3.45. The van der Waals surface area contributed by atoms with Crippen LogP contribution in [-0.4, -0.2) is 47.6 Å². The van der Waals surface area contributed by atoms with Crippen molar-refractivity contribution in [2.24, 2.45) is 0 Å². The molecular formula is C31H33N3O3S2.